The Kier molecular flexibility index (Phi) is 36.8. The van der Waals surface area contributed by atoms with Gasteiger partial charge < -0.3 is 39.9 Å². The summed E-state index contributed by atoms with van der Waals surface area (Å²) in [6.45, 7) is -3.69. The molecule has 8 aromatic rings. The van der Waals surface area contributed by atoms with Gasteiger partial charge in [0, 0.05) is 0 Å². The summed E-state index contributed by atoms with van der Waals surface area (Å²) < 4.78 is 382. The molecule has 0 aromatic heterocycles. The number of aromatic hydroxyl groups is 2. The van der Waals surface area contributed by atoms with Crippen LogP contribution < -0.4 is 130 Å². The van der Waals surface area contributed by atoms with E-state index in [-0.39, 0.29) is 161 Å². The van der Waals surface area contributed by atoms with Crippen molar-refractivity contribution in [3.05, 3.63) is 121 Å². The first-order chi connectivity index (χ1) is 51.2. The fourth-order valence-electron chi connectivity index (χ4n) is 8.96. The molecule has 116 heavy (non-hydrogen) atoms. The van der Waals surface area contributed by atoms with E-state index in [2.05, 4.69) is 57.6 Å². The maximum Gasteiger partial charge on any atom is 1.00 e. The van der Waals surface area contributed by atoms with Crippen molar-refractivity contribution in [2.45, 2.75) is 39.2 Å². The third-order valence-corrected chi connectivity index (χ3v) is 25.9. The molecule has 0 saturated carbocycles. The predicted molar refractivity (Wildman–Crippen MR) is 373 cm³/mol. The molecule has 0 aliphatic rings. The van der Waals surface area contributed by atoms with Crippen molar-refractivity contribution < 1.29 is 283 Å². The van der Waals surface area contributed by atoms with Crippen LogP contribution in [-0.2, 0) is 138 Å². The monoisotopic (exact) mass is 1890 g/mol. The van der Waals surface area contributed by atoms with Crippen LogP contribution in [0, 0.1) is 0 Å². The minimum absolute atomic E-state index is 0. The molecule has 8 aromatic carbocycles. The van der Waals surface area contributed by atoms with Crippen molar-refractivity contribution in [2.75, 3.05) is 60.9 Å². The Labute approximate surface area is 747 Å². The van der Waals surface area contributed by atoms with Crippen LogP contribution in [0.3, 0.4) is 0 Å². The third-order valence-electron chi connectivity index (χ3n) is 13.9. The molecule has 0 radical (unpaired) electrons. The molecule has 0 amide bonds. The van der Waals surface area contributed by atoms with Gasteiger partial charge in [-0.15, -0.1) is 20.5 Å². The average Bonchev–Trinajstić information content (AvgIpc) is 0.742. The van der Waals surface area contributed by atoms with E-state index in [4.69, 9.17) is 29.7 Å². The van der Waals surface area contributed by atoms with Crippen molar-refractivity contribution in [2.24, 2.45) is 40.9 Å². The van der Waals surface area contributed by atoms with Gasteiger partial charge in [0.05, 0.1) is 133 Å². The Hall–Kier alpha value is -5.20. The molecule has 0 spiro atoms. The third kappa shape index (κ3) is 29.6. The molecule has 64 heteroatoms. The van der Waals surface area contributed by atoms with Crippen molar-refractivity contribution in [3.63, 3.8) is 0 Å². The molecule has 10 N–H and O–H groups in total. The molecule has 0 fully saturated rings. The average molecular weight is 1900 g/mol. The standard InChI is InChI=1S/2C26H25N5O19S6.4Na/c2*27-23-22-15(13-20(53(37,38)39)24(23)30-28-16-1-5-18(6-2-16)51(33,34)11-9-49-55(43,44)45)14-21(54(40,41)42)25(26(22)32)31-29-17-3-7-19(8-4-17)52(35,36)12-10-50-56(46,47)48;;;;/h2*1-8,13-14,32H,9-12,27H2,(H,37,38,39)(H,40,41,42)(H,43,44,45)(H,46,47,48);;;;/q;;4*+1/p-4. The van der Waals surface area contributed by atoms with E-state index in [9.17, 15) is 129 Å². The van der Waals surface area contributed by atoms with Gasteiger partial charge in [-0.05, 0) is 132 Å². The molecule has 0 heterocycles. The minimum Gasteiger partial charge on any atom is -0.744 e. The van der Waals surface area contributed by atoms with Gasteiger partial charge in [0.2, 0.25) is 0 Å². The number of sulfone groups is 4. The second-order valence-electron chi connectivity index (χ2n) is 21.5. The van der Waals surface area contributed by atoms with Crippen LogP contribution in [0.4, 0.5) is 56.9 Å². The number of fused-ring (bicyclic) bond motifs is 2. The van der Waals surface area contributed by atoms with Crippen molar-refractivity contribution in [3.8, 4) is 11.5 Å². The maximum absolute atomic E-state index is 12.4. The molecule has 608 valence electrons. The first-order valence-electron chi connectivity index (χ1n) is 28.7. The quantitative estimate of drug-likeness (QED) is 0.00840. The number of benzene rings is 8. The summed E-state index contributed by atoms with van der Waals surface area (Å²) in [5, 5.41) is 49.3. The maximum atomic E-state index is 12.4. The van der Waals surface area contributed by atoms with Crippen molar-refractivity contribution in [1.29, 1.82) is 0 Å². The van der Waals surface area contributed by atoms with Gasteiger partial charge in [0.25, 0.3) is 0 Å². The van der Waals surface area contributed by atoms with Crippen molar-refractivity contribution >= 4 is 200 Å². The zero-order valence-corrected chi connectivity index (χ0v) is 76.4. The Bertz CT molecular complexity index is 5910. The molecule has 48 nitrogen and oxygen atoms in total. The SMILES string of the molecule is Nc1c(N=Nc2ccc(S(=O)(=O)CCOS(=O)(=O)O)cc2)c(S(=O)(=O)[O-])cc2cc(S(=O)(=O)[O-])c(N=Nc3ccc(S(=O)(=O)CCOS(=O)(=O)O)cc3)c(O)c12.Nc1c(N=Nc2ccc(S(=O)(=O)CCOS(=O)(=O)O)cc2)c(S(=O)(=O)[O-])cc2cc(S(=O)(=O)[O-])c(N=Nc3ccc(S(=O)(=O)CCOS(=O)(=O)O)cc3)c(O)c12.[Na+].[Na+].[Na+].[Na+]. The number of phenolic OH excluding ortho intramolecular Hbond substituents is 2. The van der Waals surface area contributed by atoms with Crippen LogP contribution in [0.15, 0.2) is 201 Å². The van der Waals surface area contributed by atoms with Crippen molar-refractivity contribution in [1.82, 2.24) is 0 Å². The van der Waals surface area contributed by atoms with Crippen LogP contribution in [0.2, 0.25) is 0 Å². The van der Waals surface area contributed by atoms with Gasteiger partial charge in [-0.1, -0.05) is 0 Å². The number of hydrogen-bond donors (Lipinski definition) is 8. The van der Waals surface area contributed by atoms with Gasteiger partial charge in [-0.3, -0.25) is 18.2 Å². The van der Waals surface area contributed by atoms with E-state index >= 15 is 0 Å². The van der Waals surface area contributed by atoms with Gasteiger partial charge in [0.15, 0.2) is 50.8 Å². The second kappa shape index (κ2) is 40.7. The molecule has 0 saturated heterocycles. The van der Waals surface area contributed by atoms with Crippen LogP contribution in [0.1, 0.15) is 0 Å². The Morgan fingerprint density at radius 2 is 0.457 bits per heavy atom. The summed E-state index contributed by atoms with van der Waals surface area (Å²) in [5.74, 6) is -5.87. The fraction of sp³-hybridized carbons (Fsp3) is 0.154. The Balaban J connectivity index is 0.000000580. The first-order valence-corrected chi connectivity index (χ1v) is 46.4. The molecule has 0 atom stereocenters. The van der Waals surface area contributed by atoms with Crippen LogP contribution in [0.25, 0.3) is 21.5 Å². The molecule has 8 rings (SSSR count). The zero-order chi connectivity index (χ0) is 84.1. The largest absolute Gasteiger partial charge is 1.00 e. The minimum atomic E-state index is -5.55. The molecule has 0 bridgehead atoms. The molecule has 0 unspecified atom stereocenters. The molecular weight excluding hydrogens is 1850 g/mol. The van der Waals surface area contributed by atoms with Gasteiger partial charge in [0.1, 0.15) is 63.2 Å². The molecule has 0 aliphatic carbocycles. The summed E-state index contributed by atoms with van der Waals surface area (Å²) in [7, 11) is -58.4. The number of nitrogens with zero attached hydrogens (tertiary/aromatic N) is 8. The number of nitrogen functional groups attached to an aromatic ring is 2. The molecular formula is C52H46N10Na4O38S12. The van der Waals surface area contributed by atoms with E-state index in [0.717, 1.165) is 97.1 Å². The van der Waals surface area contributed by atoms with Crippen LogP contribution >= 0.6 is 0 Å². The number of phenols is 2. The normalized spacial score (nSPS) is 13.1. The summed E-state index contributed by atoms with van der Waals surface area (Å²) in [4.78, 5) is -6.45. The summed E-state index contributed by atoms with van der Waals surface area (Å²) in [6, 6.07) is 18.2. The summed E-state index contributed by atoms with van der Waals surface area (Å²) in [5.41, 5.74) is 5.95. The van der Waals surface area contributed by atoms with E-state index in [1.54, 1.807) is 0 Å². The Morgan fingerprint density at radius 3 is 0.629 bits per heavy atom. The number of hydrogen-bond acceptors (Lipinski definition) is 44. The number of rotatable bonds is 32. The van der Waals surface area contributed by atoms with Gasteiger partial charge in [-0.2, -0.15) is 54.1 Å². The van der Waals surface area contributed by atoms with E-state index in [0.29, 0.717) is 24.3 Å². The summed E-state index contributed by atoms with van der Waals surface area (Å²) in [6.07, 6.45) is 0. The Morgan fingerprint density at radius 1 is 0.284 bits per heavy atom. The van der Waals surface area contributed by atoms with Crippen LogP contribution in [-0.4, -0.2) is 197 Å². The van der Waals surface area contributed by atoms with Gasteiger partial charge in [-0.25, -0.2) is 84.1 Å². The van der Waals surface area contributed by atoms with Gasteiger partial charge >= 0.3 is 160 Å². The van der Waals surface area contributed by atoms with E-state index < -0.39 is 258 Å². The smallest absolute Gasteiger partial charge is 0.744 e. The zero-order valence-electron chi connectivity index (χ0n) is 58.6. The molecule has 0 aliphatic heterocycles. The number of nitrogens with two attached hydrogens (primary N) is 2. The second-order valence-corrected chi connectivity index (χ2v) is 39.7. The number of anilines is 2. The van der Waals surface area contributed by atoms with Crippen LogP contribution in [0.5, 0.6) is 11.5 Å². The number of azo groups is 4. The topological polar surface area (TPSA) is 811 Å². The fourth-order valence-corrected chi connectivity index (χ4v) is 17.5. The predicted octanol–water partition coefficient (Wildman–Crippen LogP) is -8.08. The first kappa shape index (κ1) is 105. The van der Waals surface area contributed by atoms with E-state index in [1.807, 2.05) is 0 Å². The van der Waals surface area contributed by atoms with E-state index in [1.165, 1.54) is 0 Å². The summed E-state index contributed by atoms with van der Waals surface area (Å²) >= 11 is 0.